The van der Waals surface area contributed by atoms with Crippen molar-refractivity contribution in [1.29, 1.82) is 5.26 Å². The van der Waals surface area contributed by atoms with Crippen LogP contribution in [0, 0.1) is 28.6 Å². The van der Waals surface area contributed by atoms with Gasteiger partial charge in [-0.15, -0.1) is 0 Å². The van der Waals surface area contributed by atoms with E-state index in [9.17, 15) is 4.79 Å². The molecule has 0 heterocycles. The first-order valence-electron chi connectivity index (χ1n) is 6.73. The van der Waals surface area contributed by atoms with Gasteiger partial charge in [-0.3, -0.25) is 4.79 Å². The number of nitrogens with zero attached hydrogens (tertiary/aromatic N) is 1. The third-order valence-electron chi connectivity index (χ3n) is 4.27. The number of amides is 1. The van der Waals surface area contributed by atoms with Crippen LogP contribution in [0.15, 0.2) is 0 Å². The number of hydrogen-bond acceptors (Lipinski definition) is 2. The average Bonchev–Trinajstić information content (AvgIpc) is 2.36. The van der Waals surface area contributed by atoms with Crippen LogP contribution in [0.1, 0.15) is 52.9 Å². The fourth-order valence-corrected chi connectivity index (χ4v) is 2.41. The third-order valence-corrected chi connectivity index (χ3v) is 4.27. The van der Waals surface area contributed by atoms with E-state index in [-0.39, 0.29) is 5.91 Å². The van der Waals surface area contributed by atoms with Gasteiger partial charge in [-0.05, 0) is 31.6 Å². The Morgan fingerprint density at radius 1 is 1.47 bits per heavy atom. The third kappa shape index (κ3) is 3.46. The van der Waals surface area contributed by atoms with Crippen LogP contribution in [0.5, 0.6) is 0 Å². The van der Waals surface area contributed by atoms with E-state index in [2.05, 4.69) is 18.3 Å². The van der Waals surface area contributed by atoms with Gasteiger partial charge in [0.2, 0.25) is 5.91 Å². The van der Waals surface area contributed by atoms with E-state index in [4.69, 9.17) is 5.26 Å². The van der Waals surface area contributed by atoms with Crippen molar-refractivity contribution in [3.05, 3.63) is 0 Å². The quantitative estimate of drug-likeness (QED) is 0.816. The molecule has 1 N–H and O–H groups in total. The number of carbonyl (C=O) groups excluding carboxylic acids is 1. The van der Waals surface area contributed by atoms with Gasteiger partial charge in [-0.25, -0.2) is 0 Å². The van der Waals surface area contributed by atoms with E-state index in [1.54, 1.807) is 6.92 Å². The molecule has 0 aromatic carbocycles. The molecule has 0 aromatic heterocycles. The number of nitrogens with one attached hydrogen (secondary N) is 1. The smallest absolute Gasteiger partial charge is 0.240 e. The molecule has 0 aliphatic heterocycles. The van der Waals surface area contributed by atoms with Gasteiger partial charge in [0.1, 0.15) is 5.41 Å². The fraction of sp³-hybridized carbons (Fsp3) is 0.857. The average molecular weight is 236 g/mol. The summed E-state index contributed by atoms with van der Waals surface area (Å²) < 4.78 is 0. The van der Waals surface area contributed by atoms with E-state index in [0.717, 1.165) is 6.54 Å². The minimum atomic E-state index is -0.863. The molecule has 3 unspecified atom stereocenters. The van der Waals surface area contributed by atoms with E-state index in [0.29, 0.717) is 18.3 Å². The van der Waals surface area contributed by atoms with Crippen molar-refractivity contribution in [1.82, 2.24) is 5.32 Å². The molecule has 17 heavy (non-hydrogen) atoms. The number of hydrogen-bond donors (Lipinski definition) is 1. The Bertz CT molecular complexity index is 308. The van der Waals surface area contributed by atoms with Crippen LogP contribution >= 0.6 is 0 Å². The molecule has 0 aromatic rings. The maximum atomic E-state index is 11.9. The first kappa shape index (κ1) is 14.0. The van der Waals surface area contributed by atoms with Crippen molar-refractivity contribution in [2.24, 2.45) is 17.3 Å². The summed E-state index contributed by atoms with van der Waals surface area (Å²) >= 11 is 0. The van der Waals surface area contributed by atoms with E-state index in [1.165, 1.54) is 25.7 Å². The minimum absolute atomic E-state index is 0.111. The van der Waals surface area contributed by atoms with Crippen LogP contribution in [-0.4, -0.2) is 12.5 Å². The van der Waals surface area contributed by atoms with Crippen LogP contribution in [0.25, 0.3) is 0 Å². The zero-order valence-corrected chi connectivity index (χ0v) is 11.3. The highest BCUT2D eigenvalue weighted by molar-refractivity contribution is 5.84. The summed E-state index contributed by atoms with van der Waals surface area (Å²) in [4.78, 5) is 11.9. The van der Waals surface area contributed by atoms with Crippen LogP contribution < -0.4 is 5.32 Å². The lowest BCUT2D eigenvalue weighted by molar-refractivity contribution is -0.127. The van der Waals surface area contributed by atoms with Gasteiger partial charge in [-0.1, -0.05) is 33.1 Å². The lowest BCUT2D eigenvalue weighted by atomic mass is 9.80. The van der Waals surface area contributed by atoms with Gasteiger partial charge < -0.3 is 5.32 Å². The van der Waals surface area contributed by atoms with Crippen LogP contribution in [-0.2, 0) is 4.79 Å². The molecule has 3 nitrogen and oxygen atoms in total. The second kappa shape index (κ2) is 6.05. The maximum absolute atomic E-state index is 11.9. The van der Waals surface area contributed by atoms with Crippen molar-refractivity contribution in [2.75, 3.05) is 6.54 Å². The SMILES string of the molecule is CCC(C)(C#N)C(=O)NCC1CCCCC1C. The van der Waals surface area contributed by atoms with E-state index in [1.807, 2.05) is 6.92 Å². The molecule has 1 aliphatic rings. The second-order valence-electron chi connectivity index (χ2n) is 5.53. The molecule has 0 bridgehead atoms. The molecule has 1 fully saturated rings. The second-order valence-corrected chi connectivity index (χ2v) is 5.53. The molecule has 1 saturated carbocycles. The summed E-state index contributed by atoms with van der Waals surface area (Å²) in [6, 6.07) is 2.11. The van der Waals surface area contributed by atoms with Gasteiger partial charge in [-0.2, -0.15) is 5.26 Å². The highest BCUT2D eigenvalue weighted by Gasteiger charge is 2.32. The minimum Gasteiger partial charge on any atom is -0.354 e. The first-order chi connectivity index (χ1) is 8.03. The van der Waals surface area contributed by atoms with Crippen LogP contribution in [0.4, 0.5) is 0 Å². The van der Waals surface area contributed by atoms with Crippen molar-refractivity contribution < 1.29 is 4.79 Å². The highest BCUT2D eigenvalue weighted by atomic mass is 16.2. The summed E-state index contributed by atoms with van der Waals surface area (Å²) in [5.74, 6) is 1.17. The predicted molar refractivity (Wildman–Crippen MR) is 68.1 cm³/mol. The lowest BCUT2D eigenvalue weighted by Gasteiger charge is -2.30. The molecule has 1 amide bonds. The Kier molecular flexibility index (Phi) is 4.99. The Hall–Kier alpha value is -1.04. The summed E-state index contributed by atoms with van der Waals surface area (Å²) in [5, 5.41) is 12.0. The number of carbonyl (C=O) groups is 1. The van der Waals surface area contributed by atoms with Crippen molar-refractivity contribution in [2.45, 2.75) is 52.9 Å². The first-order valence-corrected chi connectivity index (χ1v) is 6.73. The Morgan fingerprint density at radius 2 is 2.12 bits per heavy atom. The molecule has 0 radical (unpaired) electrons. The van der Waals surface area contributed by atoms with Gasteiger partial charge in [0.15, 0.2) is 0 Å². The molecule has 0 spiro atoms. The maximum Gasteiger partial charge on any atom is 0.240 e. The molecule has 0 saturated heterocycles. The molecular weight excluding hydrogens is 212 g/mol. The summed E-state index contributed by atoms with van der Waals surface area (Å²) in [5.41, 5.74) is -0.863. The van der Waals surface area contributed by atoms with E-state index < -0.39 is 5.41 Å². The van der Waals surface area contributed by atoms with Gasteiger partial charge in [0.25, 0.3) is 0 Å². The molecule has 3 heteroatoms. The lowest BCUT2D eigenvalue weighted by Crippen LogP contribution is -2.41. The predicted octanol–water partition coefficient (Wildman–Crippen LogP) is 2.87. The van der Waals surface area contributed by atoms with Crippen LogP contribution in [0.3, 0.4) is 0 Å². The fourth-order valence-electron chi connectivity index (χ4n) is 2.41. The Balaban J connectivity index is 2.45. The molecule has 96 valence electrons. The van der Waals surface area contributed by atoms with Gasteiger partial charge >= 0.3 is 0 Å². The Labute approximate surface area is 105 Å². The highest BCUT2D eigenvalue weighted by Crippen LogP contribution is 2.29. The topological polar surface area (TPSA) is 52.9 Å². The van der Waals surface area contributed by atoms with Gasteiger partial charge in [0.05, 0.1) is 6.07 Å². The summed E-state index contributed by atoms with van der Waals surface area (Å²) in [7, 11) is 0. The molecular formula is C14H24N2O. The molecule has 3 atom stereocenters. The van der Waals surface area contributed by atoms with Crippen molar-refractivity contribution in [3.8, 4) is 6.07 Å². The summed E-state index contributed by atoms with van der Waals surface area (Å²) in [6.07, 6.45) is 5.63. The monoisotopic (exact) mass is 236 g/mol. The van der Waals surface area contributed by atoms with Crippen molar-refractivity contribution >= 4 is 5.91 Å². The number of nitriles is 1. The normalized spacial score (nSPS) is 27.9. The molecule has 1 aliphatic carbocycles. The van der Waals surface area contributed by atoms with Crippen LogP contribution in [0.2, 0.25) is 0 Å². The zero-order valence-electron chi connectivity index (χ0n) is 11.3. The summed E-state index contributed by atoms with van der Waals surface area (Å²) in [6.45, 7) is 6.59. The van der Waals surface area contributed by atoms with Crippen molar-refractivity contribution in [3.63, 3.8) is 0 Å². The van der Waals surface area contributed by atoms with Gasteiger partial charge in [0, 0.05) is 6.54 Å². The standard InChI is InChI=1S/C14H24N2O/c1-4-14(3,10-15)13(17)16-9-12-8-6-5-7-11(12)2/h11-12H,4-9H2,1-3H3,(H,16,17). The number of rotatable bonds is 4. The largest absolute Gasteiger partial charge is 0.354 e. The molecule has 1 rings (SSSR count). The Morgan fingerprint density at radius 3 is 2.65 bits per heavy atom. The van der Waals surface area contributed by atoms with E-state index >= 15 is 0 Å². The zero-order chi connectivity index (χ0) is 12.9.